The Morgan fingerprint density at radius 3 is 2.71 bits per heavy atom. The van der Waals surface area contributed by atoms with Crippen molar-refractivity contribution in [2.24, 2.45) is 0 Å². The minimum absolute atomic E-state index is 0.0234. The first-order valence-electron chi connectivity index (χ1n) is 11.3. The zero-order valence-corrected chi connectivity index (χ0v) is 19.8. The van der Waals surface area contributed by atoms with E-state index in [1.54, 1.807) is 24.4 Å². The smallest absolute Gasteiger partial charge is 0.319 e. The molecule has 3 amide bonds. The van der Waals surface area contributed by atoms with Gasteiger partial charge in [0.05, 0.1) is 15.1 Å². The number of pyridine rings is 1. The second-order valence-corrected chi connectivity index (χ2v) is 9.96. The summed E-state index contributed by atoms with van der Waals surface area (Å²) in [6, 6.07) is 7.91. The van der Waals surface area contributed by atoms with Gasteiger partial charge in [0.25, 0.3) is 5.91 Å². The quantitative estimate of drug-likeness (QED) is 0.546. The van der Waals surface area contributed by atoms with Gasteiger partial charge in [0, 0.05) is 49.2 Å². The fourth-order valence-corrected chi connectivity index (χ4v) is 5.00. The lowest BCUT2D eigenvalue weighted by molar-refractivity contribution is 0.0788. The Balaban J connectivity index is 1.32. The van der Waals surface area contributed by atoms with Crippen LogP contribution >= 0.6 is 11.3 Å². The molecule has 2 aliphatic rings. The lowest BCUT2D eigenvalue weighted by atomic mass is 10.2. The van der Waals surface area contributed by atoms with Crippen LogP contribution in [0.5, 0.6) is 11.5 Å². The SMILES string of the molecule is CN(C)[C@H]1CCN(C(=O)c2cc3nccc(Oc4ccc(NC(=O)NC5CC5)cc4F)c3s2)C1. The number of nitrogens with one attached hydrogen (secondary N) is 2. The number of carbonyl (C=O) groups is 2. The van der Waals surface area contributed by atoms with Crippen molar-refractivity contribution in [2.45, 2.75) is 31.3 Å². The highest BCUT2D eigenvalue weighted by Crippen LogP contribution is 2.37. The van der Waals surface area contributed by atoms with Crippen molar-refractivity contribution >= 4 is 39.2 Å². The number of aromatic nitrogens is 1. The fourth-order valence-electron chi connectivity index (χ4n) is 3.96. The van der Waals surface area contributed by atoms with Crippen molar-refractivity contribution in [3.63, 3.8) is 0 Å². The van der Waals surface area contributed by atoms with Crippen LogP contribution in [0.4, 0.5) is 14.9 Å². The molecule has 178 valence electrons. The number of rotatable bonds is 6. The first-order chi connectivity index (χ1) is 16.4. The van der Waals surface area contributed by atoms with Crippen LogP contribution in [0.15, 0.2) is 36.5 Å². The predicted molar refractivity (Wildman–Crippen MR) is 129 cm³/mol. The molecule has 8 nitrogen and oxygen atoms in total. The third kappa shape index (κ3) is 4.83. The summed E-state index contributed by atoms with van der Waals surface area (Å²) < 4.78 is 21.3. The van der Waals surface area contributed by atoms with E-state index in [2.05, 4.69) is 20.5 Å². The number of nitrogens with zero attached hydrogens (tertiary/aromatic N) is 3. The zero-order valence-electron chi connectivity index (χ0n) is 19.0. The van der Waals surface area contributed by atoms with Gasteiger partial charge in [-0.3, -0.25) is 9.78 Å². The van der Waals surface area contributed by atoms with Crippen LogP contribution in [0.25, 0.3) is 10.2 Å². The molecule has 1 aromatic carbocycles. The number of benzene rings is 1. The molecule has 1 saturated heterocycles. The van der Waals surface area contributed by atoms with E-state index in [-0.39, 0.29) is 23.7 Å². The first-order valence-corrected chi connectivity index (χ1v) is 12.1. The normalized spacial score (nSPS) is 17.9. The number of anilines is 1. The van der Waals surface area contributed by atoms with E-state index in [1.165, 1.54) is 23.5 Å². The molecule has 0 bridgehead atoms. The Labute approximate surface area is 200 Å². The van der Waals surface area contributed by atoms with E-state index in [9.17, 15) is 14.0 Å². The van der Waals surface area contributed by atoms with Gasteiger partial charge in [-0.2, -0.15) is 0 Å². The van der Waals surface area contributed by atoms with Gasteiger partial charge in [0.1, 0.15) is 5.75 Å². The molecule has 2 fully saturated rings. The third-order valence-electron chi connectivity index (χ3n) is 6.09. The summed E-state index contributed by atoms with van der Waals surface area (Å²) in [5.41, 5.74) is 0.971. The van der Waals surface area contributed by atoms with Gasteiger partial charge in [-0.05, 0) is 51.6 Å². The van der Waals surface area contributed by atoms with Crippen LogP contribution in [0.3, 0.4) is 0 Å². The molecule has 10 heteroatoms. The molecule has 5 rings (SSSR count). The van der Waals surface area contributed by atoms with E-state index >= 15 is 0 Å². The molecule has 0 spiro atoms. The minimum atomic E-state index is -0.603. The van der Waals surface area contributed by atoms with Crippen molar-refractivity contribution < 1.29 is 18.7 Å². The highest BCUT2D eigenvalue weighted by Gasteiger charge is 2.29. The van der Waals surface area contributed by atoms with Gasteiger partial charge >= 0.3 is 6.03 Å². The van der Waals surface area contributed by atoms with Gasteiger partial charge in [0.15, 0.2) is 11.6 Å². The molecule has 1 aliphatic carbocycles. The van der Waals surface area contributed by atoms with Crippen LogP contribution in [-0.4, -0.2) is 66.0 Å². The first kappa shape index (κ1) is 22.5. The fraction of sp³-hybridized carbons (Fsp3) is 0.375. The Bertz CT molecular complexity index is 1240. The van der Waals surface area contributed by atoms with Crippen LogP contribution in [0.1, 0.15) is 28.9 Å². The maximum atomic E-state index is 14.7. The monoisotopic (exact) mass is 483 g/mol. The standard InChI is InChI=1S/C24H26FN5O3S/c1-29(2)16-8-10-30(13-16)23(31)21-12-18-22(34-21)20(7-9-26-18)33-19-6-5-15(11-17(19)25)28-24(32)27-14-3-4-14/h5-7,9,11-12,14,16H,3-4,8,10,13H2,1-2H3,(H2,27,28,32)/t16-/m0/s1. The second-order valence-electron chi connectivity index (χ2n) is 8.91. The van der Waals surface area contributed by atoms with Crippen LogP contribution in [0, 0.1) is 5.82 Å². The van der Waals surface area contributed by atoms with Crippen molar-refractivity contribution in [2.75, 3.05) is 32.5 Å². The molecule has 2 aromatic heterocycles. The van der Waals surface area contributed by atoms with E-state index < -0.39 is 5.82 Å². The molecule has 34 heavy (non-hydrogen) atoms. The van der Waals surface area contributed by atoms with Crippen LogP contribution < -0.4 is 15.4 Å². The summed E-state index contributed by atoms with van der Waals surface area (Å²) in [6.07, 6.45) is 4.47. The Hall–Kier alpha value is -3.24. The summed E-state index contributed by atoms with van der Waals surface area (Å²) in [6.45, 7) is 1.41. The van der Waals surface area contributed by atoms with Crippen LogP contribution in [0.2, 0.25) is 0 Å². The van der Waals surface area contributed by atoms with Gasteiger partial charge < -0.3 is 25.2 Å². The number of likely N-dealkylation sites (tertiary alicyclic amines) is 1. The van der Waals surface area contributed by atoms with E-state index in [0.29, 0.717) is 39.1 Å². The van der Waals surface area contributed by atoms with E-state index in [0.717, 1.165) is 25.8 Å². The number of thiophene rings is 1. The van der Waals surface area contributed by atoms with E-state index in [4.69, 9.17) is 4.74 Å². The summed E-state index contributed by atoms with van der Waals surface area (Å²) in [4.78, 5) is 33.9. The van der Waals surface area contributed by atoms with Crippen molar-refractivity contribution in [1.82, 2.24) is 20.1 Å². The molecule has 1 atom stereocenters. The number of carbonyl (C=O) groups excluding carboxylic acids is 2. The molecule has 0 unspecified atom stereocenters. The number of hydrogen-bond donors (Lipinski definition) is 2. The molecule has 2 N–H and O–H groups in total. The lowest BCUT2D eigenvalue weighted by Gasteiger charge is -2.19. The van der Waals surface area contributed by atoms with Gasteiger partial charge in [0.2, 0.25) is 0 Å². The van der Waals surface area contributed by atoms with Crippen LogP contribution in [-0.2, 0) is 0 Å². The highest BCUT2D eigenvalue weighted by atomic mass is 32.1. The maximum Gasteiger partial charge on any atom is 0.319 e. The number of halogens is 1. The minimum Gasteiger partial charge on any atom is -0.453 e. The summed E-state index contributed by atoms with van der Waals surface area (Å²) in [5.74, 6) is -0.179. The molecular formula is C24H26FN5O3S. The molecule has 1 saturated carbocycles. The average Bonchev–Trinajstić information content (AvgIpc) is 3.30. The second kappa shape index (κ2) is 9.19. The Morgan fingerprint density at radius 2 is 2.00 bits per heavy atom. The highest BCUT2D eigenvalue weighted by molar-refractivity contribution is 7.21. The summed E-state index contributed by atoms with van der Waals surface area (Å²) in [7, 11) is 4.05. The molecule has 1 aliphatic heterocycles. The number of likely N-dealkylation sites (N-methyl/N-ethyl adjacent to an activating group) is 1. The molecule has 0 radical (unpaired) electrons. The van der Waals surface area contributed by atoms with E-state index in [1.807, 2.05) is 19.0 Å². The third-order valence-corrected chi connectivity index (χ3v) is 7.22. The number of fused-ring (bicyclic) bond motifs is 1. The van der Waals surface area contributed by atoms with Crippen molar-refractivity contribution in [3.8, 4) is 11.5 Å². The number of amides is 3. The molecule has 3 aromatic rings. The average molecular weight is 484 g/mol. The Kier molecular flexibility index (Phi) is 6.09. The lowest BCUT2D eigenvalue weighted by Crippen LogP contribution is -2.34. The maximum absolute atomic E-state index is 14.7. The van der Waals surface area contributed by atoms with Gasteiger partial charge in [-0.25, -0.2) is 9.18 Å². The number of hydrogen-bond acceptors (Lipinski definition) is 6. The molecule has 3 heterocycles. The largest absolute Gasteiger partial charge is 0.453 e. The zero-order chi connectivity index (χ0) is 23.8. The molecular weight excluding hydrogens is 457 g/mol. The van der Waals surface area contributed by atoms with Gasteiger partial charge in [-0.1, -0.05) is 0 Å². The summed E-state index contributed by atoms with van der Waals surface area (Å²) in [5, 5.41) is 5.42. The topological polar surface area (TPSA) is 86.8 Å². The number of urea groups is 1. The van der Waals surface area contributed by atoms with Crippen molar-refractivity contribution in [1.29, 1.82) is 0 Å². The summed E-state index contributed by atoms with van der Waals surface area (Å²) >= 11 is 1.30. The Morgan fingerprint density at radius 1 is 1.18 bits per heavy atom. The number of ether oxygens (including phenoxy) is 1. The predicted octanol–water partition coefficient (Wildman–Crippen LogP) is 4.29. The van der Waals surface area contributed by atoms with Gasteiger partial charge in [-0.15, -0.1) is 11.3 Å². The van der Waals surface area contributed by atoms with Crippen molar-refractivity contribution in [3.05, 3.63) is 47.2 Å².